The van der Waals surface area contributed by atoms with E-state index in [2.05, 4.69) is 19.2 Å². The van der Waals surface area contributed by atoms with Gasteiger partial charge in [-0.3, -0.25) is 4.79 Å². The second kappa shape index (κ2) is 38.6. The summed E-state index contributed by atoms with van der Waals surface area (Å²) in [5.74, 6) is -0.239. The van der Waals surface area contributed by atoms with E-state index in [9.17, 15) is 45.6 Å². The van der Waals surface area contributed by atoms with E-state index in [1.807, 2.05) is 6.08 Å². The highest BCUT2D eigenvalue weighted by molar-refractivity contribution is 5.76. The van der Waals surface area contributed by atoms with Gasteiger partial charge in [0.2, 0.25) is 5.91 Å². The van der Waals surface area contributed by atoms with Crippen molar-refractivity contribution < 1.29 is 64.6 Å². The zero-order valence-electron chi connectivity index (χ0n) is 40.7. The Morgan fingerprint density at radius 1 is 0.538 bits per heavy atom. The first-order valence-corrected chi connectivity index (χ1v) is 26.4. The molecule has 2 aliphatic rings. The quantitative estimate of drug-likeness (QED) is 0.0219. The third kappa shape index (κ3) is 25.8. The first-order valence-electron chi connectivity index (χ1n) is 26.4. The Kier molecular flexibility index (Phi) is 35.5. The fourth-order valence-corrected chi connectivity index (χ4v) is 8.88. The lowest BCUT2D eigenvalue weighted by Gasteiger charge is -2.46. The summed E-state index contributed by atoms with van der Waals surface area (Å²) in [5, 5.41) is 86.7. The smallest absolute Gasteiger partial charge is 0.220 e. The lowest BCUT2D eigenvalue weighted by molar-refractivity contribution is -0.359. The van der Waals surface area contributed by atoms with E-state index >= 15 is 0 Å². The fraction of sp³-hybridized carbons (Fsp3) is 0.941. The Bertz CT molecular complexity index is 1150. The fourth-order valence-electron chi connectivity index (χ4n) is 8.88. The Morgan fingerprint density at radius 2 is 0.954 bits per heavy atom. The van der Waals surface area contributed by atoms with Gasteiger partial charge in [-0.1, -0.05) is 199 Å². The minimum atomic E-state index is -1.78. The molecule has 0 aromatic rings. The highest BCUT2D eigenvalue weighted by Gasteiger charge is 2.51. The molecule has 0 aliphatic carbocycles. The molecule has 0 spiro atoms. The molecule has 1 amide bonds. The number of nitrogens with one attached hydrogen (secondary N) is 1. The molecule has 2 fully saturated rings. The molecule has 0 saturated carbocycles. The van der Waals surface area contributed by atoms with E-state index in [1.165, 1.54) is 148 Å². The number of rotatable bonds is 41. The van der Waals surface area contributed by atoms with Gasteiger partial charge in [0, 0.05) is 6.42 Å². The maximum atomic E-state index is 13.1. The van der Waals surface area contributed by atoms with Crippen LogP contribution in [0.2, 0.25) is 0 Å². The molecular formula is C51H97NO13. The van der Waals surface area contributed by atoms with E-state index in [0.29, 0.717) is 6.42 Å². The molecule has 2 heterocycles. The van der Waals surface area contributed by atoms with Crippen molar-refractivity contribution in [1.29, 1.82) is 0 Å². The average Bonchev–Trinajstić information content (AvgIpc) is 3.30. The molecule has 2 saturated heterocycles. The number of amides is 1. The zero-order valence-corrected chi connectivity index (χ0v) is 40.7. The van der Waals surface area contributed by atoms with Gasteiger partial charge < -0.3 is 65.1 Å². The number of hydrogen-bond donors (Lipinski definition) is 9. The van der Waals surface area contributed by atoms with Crippen molar-refractivity contribution in [3.05, 3.63) is 12.2 Å². The third-order valence-electron chi connectivity index (χ3n) is 13.2. The van der Waals surface area contributed by atoms with Crippen molar-refractivity contribution in [3.63, 3.8) is 0 Å². The van der Waals surface area contributed by atoms with Gasteiger partial charge in [0.1, 0.15) is 48.8 Å². The molecule has 12 unspecified atom stereocenters. The van der Waals surface area contributed by atoms with E-state index in [0.717, 1.165) is 38.5 Å². The Balaban J connectivity index is 1.81. The minimum Gasteiger partial charge on any atom is -0.394 e. The molecule has 65 heavy (non-hydrogen) atoms. The SMILES string of the molecule is CCCCCCCCCCCCCCCCCCCC/C=C/C(O)C(COC1OC(CO)C(OC2OC(CO)C(O)C(O)C2O)C(O)C1O)NC(=O)CCCCCCCCCCCCC. The monoisotopic (exact) mass is 932 g/mol. The van der Waals surface area contributed by atoms with Gasteiger partial charge in [-0.25, -0.2) is 0 Å². The van der Waals surface area contributed by atoms with Crippen LogP contribution in [-0.2, 0) is 23.7 Å². The molecule has 2 aliphatic heterocycles. The van der Waals surface area contributed by atoms with E-state index < -0.39 is 86.8 Å². The molecule has 0 aromatic carbocycles. The number of hydrogen-bond acceptors (Lipinski definition) is 13. The molecule has 9 N–H and O–H groups in total. The van der Waals surface area contributed by atoms with Crippen LogP contribution in [0.1, 0.15) is 213 Å². The van der Waals surface area contributed by atoms with Gasteiger partial charge >= 0.3 is 0 Å². The molecule has 384 valence electrons. The second-order valence-electron chi connectivity index (χ2n) is 19.0. The van der Waals surface area contributed by atoms with Gasteiger partial charge in [0.25, 0.3) is 0 Å². The average molecular weight is 932 g/mol. The number of ether oxygens (including phenoxy) is 4. The molecule has 12 atom stereocenters. The number of allylic oxidation sites excluding steroid dienone is 1. The molecule has 0 radical (unpaired) electrons. The molecule has 0 bridgehead atoms. The van der Waals surface area contributed by atoms with Gasteiger partial charge in [0.05, 0.1) is 32.0 Å². The maximum Gasteiger partial charge on any atom is 0.220 e. The highest BCUT2D eigenvalue weighted by Crippen LogP contribution is 2.30. The largest absolute Gasteiger partial charge is 0.394 e. The van der Waals surface area contributed by atoms with Crippen LogP contribution >= 0.6 is 0 Å². The molecular weight excluding hydrogens is 835 g/mol. The summed E-state index contributed by atoms with van der Waals surface area (Å²) in [5.41, 5.74) is 0. The van der Waals surface area contributed by atoms with Crippen LogP contribution in [0.25, 0.3) is 0 Å². The Labute approximate surface area is 393 Å². The normalized spacial score (nSPS) is 27.0. The van der Waals surface area contributed by atoms with Crippen molar-refractivity contribution in [3.8, 4) is 0 Å². The lowest BCUT2D eigenvalue weighted by atomic mass is 9.97. The van der Waals surface area contributed by atoms with Crippen molar-refractivity contribution >= 4 is 5.91 Å². The summed E-state index contributed by atoms with van der Waals surface area (Å²) >= 11 is 0. The van der Waals surface area contributed by atoms with Crippen molar-refractivity contribution in [2.24, 2.45) is 0 Å². The lowest BCUT2D eigenvalue weighted by Crippen LogP contribution is -2.65. The van der Waals surface area contributed by atoms with Gasteiger partial charge in [0.15, 0.2) is 12.6 Å². The summed E-state index contributed by atoms with van der Waals surface area (Å²) in [6, 6.07) is -0.907. The Hall–Kier alpha value is -1.27. The predicted molar refractivity (Wildman–Crippen MR) is 254 cm³/mol. The topological polar surface area (TPSA) is 228 Å². The maximum absolute atomic E-state index is 13.1. The van der Waals surface area contributed by atoms with Crippen LogP contribution in [0, 0.1) is 0 Å². The van der Waals surface area contributed by atoms with E-state index in [1.54, 1.807) is 6.08 Å². The van der Waals surface area contributed by atoms with E-state index in [4.69, 9.17) is 18.9 Å². The first kappa shape index (κ1) is 59.9. The van der Waals surface area contributed by atoms with Crippen molar-refractivity contribution in [1.82, 2.24) is 5.32 Å². The molecule has 14 heteroatoms. The van der Waals surface area contributed by atoms with Crippen molar-refractivity contribution in [2.45, 2.75) is 286 Å². The third-order valence-corrected chi connectivity index (χ3v) is 13.2. The summed E-state index contributed by atoms with van der Waals surface area (Å²) in [4.78, 5) is 13.1. The predicted octanol–water partition coefficient (Wildman–Crippen LogP) is 7.16. The molecule has 2 rings (SSSR count). The zero-order chi connectivity index (χ0) is 47.5. The van der Waals surface area contributed by atoms with Crippen LogP contribution in [-0.4, -0.2) is 140 Å². The molecule has 0 aromatic heterocycles. The van der Waals surface area contributed by atoms with Crippen LogP contribution in [0.3, 0.4) is 0 Å². The summed E-state index contributed by atoms with van der Waals surface area (Å²) in [6.45, 7) is 2.79. The highest BCUT2D eigenvalue weighted by atomic mass is 16.7. The van der Waals surface area contributed by atoms with E-state index in [-0.39, 0.29) is 18.9 Å². The van der Waals surface area contributed by atoms with Crippen LogP contribution in [0.4, 0.5) is 0 Å². The molecule has 14 nitrogen and oxygen atoms in total. The van der Waals surface area contributed by atoms with Gasteiger partial charge in [-0.2, -0.15) is 0 Å². The van der Waals surface area contributed by atoms with Crippen LogP contribution in [0.5, 0.6) is 0 Å². The standard InChI is InChI=1S/C51H97NO13/c1-3-5-7-9-11-13-15-16-17-18-19-20-21-22-23-25-26-28-30-32-34-40(55)39(52-43(56)35-33-31-29-27-24-14-12-10-8-6-4-2)38-62-50-48(61)46(59)49(42(37-54)64-50)65-51-47(60)45(58)44(57)41(36-53)63-51/h32,34,39-42,44-51,53-55,57-61H,3-31,33,35-38H2,1-2H3,(H,52,56)/b34-32+. The van der Waals surface area contributed by atoms with Crippen LogP contribution in [0.15, 0.2) is 12.2 Å². The number of unbranched alkanes of at least 4 members (excludes halogenated alkanes) is 28. The Morgan fingerprint density at radius 3 is 1.42 bits per heavy atom. The summed E-state index contributed by atoms with van der Waals surface area (Å²) in [7, 11) is 0. The summed E-state index contributed by atoms with van der Waals surface area (Å²) < 4.78 is 22.7. The van der Waals surface area contributed by atoms with Crippen molar-refractivity contribution in [2.75, 3.05) is 19.8 Å². The number of aliphatic hydroxyl groups excluding tert-OH is 8. The van der Waals surface area contributed by atoms with Gasteiger partial charge in [-0.05, 0) is 19.3 Å². The first-order chi connectivity index (χ1) is 31.6. The van der Waals surface area contributed by atoms with Crippen LogP contribution < -0.4 is 5.32 Å². The van der Waals surface area contributed by atoms with Gasteiger partial charge in [-0.15, -0.1) is 0 Å². The minimum absolute atomic E-state index is 0.239. The number of carbonyl (C=O) groups excluding carboxylic acids is 1. The second-order valence-corrected chi connectivity index (χ2v) is 19.0. The number of aliphatic hydroxyl groups is 8. The number of carbonyl (C=O) groups is 1. The summed E-state index contributed by atoms with van der Waals surface area (Å²) in [6.07, 6.45) is 24.0.